The predicted octanol–water partition coefficient (Wildman–Crippen LogP) is 3.64. The van der Waals surface area contributed by atoms with Crippen LogP contribution >= 0.6 is 11.6 Å². The molecule has 0 fully saturated rings. The third-order valence-electron chi connectivity index (χ3n) is 1.93. The van der Waals surface area contributed by atoms with E-state index in [1.54, 1.807) is 25.2 Å². The highest BCUT2D eigenvalue weighted by atomic mass is 35.5. The van der Waals surface area contributed by atoms with Gasteiger partial charge in [0, 0.05) is 7.05 Å². The van der Waals surface area contributed by atoms with Crippen molar-refractivity contribution in [3.05, 3.63) is 39.9 Å². The summed E-state index contributed by atoms with van der Waals surface area (Å²) in [5.74, 6) is 0. The quantitative estimate of drug-likeness (QED) is 0.673. The maximum Gasteiger partial charge on any atom is 0.262 e. The zero-order chi connectivity index (χ0) is 13.4. The SMILES string of the molecule is CC.CC.Cn1c(Cl)nc2ccccc2c1=O. The molecule has 0 saturated heterocycles. The van der Waals surface area contributed by atoms with Gasteiger partial charge in [0.15, 0.2) is 0 Å². The molecule has 0 aliphatic rings. The van der Waals surface area contributed by atoms with Crippen LogP contribution in [-0.2, 0) is 7.05 Å². The topological polar surface area (TPSA) is 34.9 Å². The molecule has 0 aliphatic carbocycles. The number of hydrogen-bond acceptors (Lipinski definition) is 2. The van der Waals surface area contributed by atoms with Gasteiger partial charge in [0.05, 0.1) is 10.9 Å². The number of aromatic nitrogens is 2. The molecule has 0 unspecified atom stereocenters. The van der Waals surface area contributed by atoms with Gasteiger partial charge in [-0.3, -0.25) is 9.36 Å². The molecule has 4 heteroatoms. The van der Waals surface area contributed by atoms with E-state index in [-0.39, 0.29) is 10.8 Å². The van der Waals surface area contributed by atoms with Gasteiger partial charge in [0.1, 0.15) is 0 Å². The molecule has 2 aromatic rings. The molecular formula is C13H19ClN2O. The molecule has 0 aliphatic heterocycles. The molecule has 0 N–H and O–H groups in total. The first-order valence-electron chi connectivity index (χ1n) is 5.81. The molecule has 1 aromatic carbocycles. The van der Waals surface area contributed by atoms with Crippen molar-refractivity contribution in [3.63, 3.8) is 0 Å². The van der Waals surface area contributed by atoms with Gasteiger partial charge in [-0.1, -0.05) is 39.8 Å². The zero-order valence-electron chi connectivity index (χ0n) is 11.0. The fourth-order valence-corrected chi connectivity index (χ4v) is 1.36. The summed E-state index contributed by atoms with van der Waals surface area (Å²) in [7, 11) is 1.60. The Kier molecular flexibility index (Phi) is 7.22. The van der Waals surface area contributed by atoms with E-state index in [1.807, 2.05) is 33.8 Å². The van der Waals surface area contributed by atoms with Gasteiger partial charge in [-0.25, -0.2) is 4.98 Å². The first-order valence-corrected chi connectivity index (χ1v) is 6.19. The lowest BCUT2D eigenvalue weighted by molar-refractivity contribution is 0.844. The predicted molar refractivity (Wildman–Crippen MR) is 74.7 cm³/mol. The van der Waals surface area contributed by atoms with Crippen molar-refractivity contribution < 1.29 is 0 Å². The van der Waals surface area contributed by atoms with E-state index in [9.17, 15) is 4.79 Å². The number of hydrogen-bond donors (Lipinski definition) is 0. The second-order valence-corrected chi connectivity index (χ2v) is 3.10. The van der Waals surface area contributed by atoms with Gasteiger partial charge >= 0.3 is 0 Å². The van der Waals surface area contributed by atoms with Crippen molar-refractivity contribution in [2.75, 3.05) is 0 Å². The summed E-state index contributed by atoms with van der Waals surface area (Å²) in [6.07, 6.45) is 0. The van der Waals surface area contributed by atoms with Crippen molar-refractivity contribution >= 4 is 22.5 Å². The Morgan fingerprint density at radius 2 is 1.65 bits per heavy atom. The van der Waals surface area contributed by atoms with Crippen LogP contribution in [0.2, 0.25) is 5.28 Å². The Morgan fingerprint density at radius 3 is 2.24 bits per heavy atom. The summed E-state index contributed by atoms with van der Waals surface area (Å²) < 4.78 is 1.32. The lowest BCUT2D eigenvalue weighted by Gasteiger charge is -2.01. The van der Waals surface area contributed by atoms with Gasteiger partial charge < -0.3 is 0 Å². The Balaban J connectivity index is 0.000000581. The fourth-order valence-electron chi connectivity index (χ4n) is 1.19. The molecule has 1 heterocycles. The molecule has 94 valence electrons. The molecule has 17 heavy (non-hydrogen) atoms. The highest BCUT2D eigenvalue weighted by molar-refractivity contribution is 6.28. The van der Waals surface area contributed by atoms with Gasteiger partial charge in [-0.05, 0) is 23.7 Å². The highest BCUT2D eigenvalue weighted by Crippen LogP contribution is 2.09. The average Bonchev–Trinajstić information content (AvgIpc) is 2.41. The van der Waals surface area contributed by atoms with E-state index in [1.165, 1.54) is 4.57 Å². The maximum absolute atomic E-state index is 11.6. The van der Waals surface area contributed by atoms with E-state index in [4.69, 9.17) is 11.6 Å². The Hall–Kier alpha value is -1.35. The summed E-state index contributed by atoms with van der Waals surface area (Å²) in [4.78, 5) is 15.7. The van der Waals surface area contributed by atoms with Gasteiger partial charge in [0.25, 0.3) is 5.56 Å². The summed E-state index contributed by atoms with van der Waals surface area (Å²) in [6, 6.07) is 7.13. The van der Waals surface area contributed by atoms with Crippen LogP contribution in [0.4, 0.5) is 0 Å². The highest BCUT2D eigenvalue weighted by Gasteiger charge is 2.04. The van der Waals surface area contributed by atoms with E-state index < -0.39 is 0 Å². The lowest BCUT2D eigenvalue weighted by atomic mass is 10.2. The number of para-hydroxylation sites is 1. The molecule has 3 nitrogen and oxygen atoms in total. The van der Waals surface area contributed by atoms with Crippen molar-refractivity contribution in [2.45, 2.75) is 27.7 Å². The molecule has 0 amide bonds. The van der Waals surface area contributed by atoms with E-state index in [2.05, 4.69) is 4.98 Å². The van der Waals surface area contributed by atoms with E-state index in [0.717, 1.165) is 0 Å². The Bertz CT molecular complexity index is 520. The van der Waals surface area contributed by atoms with Crippen LogP contribution in [0.5, 0.6) is 0 Å². The minimum absolute atomic E-state index is 0.115. The second-order valence-electron chi connectivity index (χ2n) is 2.76. The fraction of sp³-hybridized carbons (Fsp3) is 0.385. The third-order valence-corrected chi connectivity index (χ3v) is 2.27. The number of nitrogens with zero attached hydrogens (tertiary/aromatic N) is 2. The van der Waals surface area contributed by atoms with E-state index >= 15 is 0 Å². The van der Waals surface area contributed by atoms with Crippen LogP contribution < -0.4 is 5.56 Å². The van der Waals surface area contributed by atoms with Gasteiger partial charge in [-0.2, -0.15) is 0 Å². The summed E-state index contributed by atoms with van der Waals surface area (Å²) in [5, 5.41) is 0.804. The van der Waals surface area contributed by atoms with E-state index in [0.29, 0.717) is 10.9 Å². The third kappa shape index (κ3) is 3.56. The smallest absolute Gasteiger partial charge is 0.262 e. The molecule has 0 saturated carbocycles. The summed E-state index contributed by atoms with van der Waals surface area (Å²) >= 11 is 5.74. The molecule has 0 bridgehead atoms. The van der Waals surface area contributed by atoms with Crippen LogP contribution in [0, 0.1) is 0 Å². The zero-order valence-corrected chi connectivity index (χ0v) is 11.7. The minimum atomic E-state index is -0.115. The number of halogens is 1. The Labute approximate surface area is 107 Å². The van der Waals surface area contributed by atoms with Crippen molar-refractivity contribution in [2.24, 2.45) is 7.05 Å². The second kappa shape index (κ2) is 7.85. The first-order chi connectivity index (χ1) is 8.20. The van der Waals surface area contributed by atoms with Gasteiger partial charge in [-0.15, -0.1) is 0 Å². The normalized spacial score (nSPS) is 8.82. The van der Waals surface area contributed by atoms with Crippen molar-refractivity contribution in [1.82, 2.24) is 9.55 Å². The molecule has 1 aromatic heterocycles. The molecule has 2 rings (SSSR count). The molecule has 0 atom stereocenters. The Morgan fingerprint density at radius 1 is 1.12 bits per heavy atom. The maximum atomic E-state index is 11.6. The largest absolute Gasteiger partial charge is 0.286 e. The van der Waals surface area contributed by atoms with Crippen LogP contribution in [0.3, 0.4) is 0 Å². The standard InChI is InChI=1S/C9H7ClN2O.2C2H6/c1-12-8(13)6-4-2-3-5-7(6)11-9(12)10;2*1-2/h2-5H,1H3;2*1-2H3. The monoisotopic (exact) mass is 254 g/mol. The van der Waals surface area contributed by atoms with Crippen molar-refractivity contribution in [1.29, 1.82) is 0 Å². The minimum Gasteiger partial charge on any atom is -0.286 e. The number of fused-ring (bicyclic) bond motifs is 1. The summed E-state index contributed by atoms with van der Waals surface area (Å²) in [6.45, 7) is 8.00. The number of rotatable bonds is 0. The average molecular weight is 255 g/mol. The van der Waals surface area contributed by atoms with Crippen LogP contribution in [0.25, 0.3) is 10.9 Å². The van der Waals surface area contributed by atoms with Crippen molar-refractivity contribution in [3.8, 4) is 0 Å². The van der Waals surface area contributed by atoms with Crippen LogP contribution in [0.1, 0.15) is 27.7 Å². The number of benzene rings is 1. The molecule has 0 radical (unpaired) electrons. The van der Waals surface area contributed by atoms with Crippen LogP contribution in [-0.4, -0.2) is 9.55 Å². The lowest BCUT2D eigenvalue weighted by Crippen LogP contribution is -2.18. The first kappa shape index (κ1) is 15.7. The molecular weight excluding hydrogens is 236 g/mol. The van der Waals surface area contributed by atoms with Gasteiger partial charge in [0.2, 0.25) is 5.28 Å². The summed E-state index contributed by atoms with van der Waals surface area (Å²) in [5.41, 5.74) is 0.520. The van der Waals surface area contributed by atoms with Crippen LogP contribution in [0.15, 0.2) is 29.1 Å². The molecule has 0 spiro atoms.